The first-order valence-electron chi connectivity index (χ1n) is 8.52. The maximum absolute atomic E-state index is 4.44. The van der Waals surface area contributed by atoms with Crippen LogP contribution in [0.15, 0.2) is 6.20 Å². The third-order valence-electron chi connectivity index (χ3n) is 5.57. The average molecular weight is 275 g/mol. The Morgan fingerprint density at radius 2 is 1.95 bits per heavy atom. The zero-order valence-corrected chi connectivity index (χ0v) is 13.1. The van der Waals surface area contributed by atoms with Gasteiger partial charge in [0.05, 0.1) is 6.20 Å². The predicted molar refractivity (Wildman–Crippen MR) is 82.6 cm³/mol. The first-order chi connectivity index (χ1) is 9.78. The van der Waals surface area contributed by atoms with E-state index in [1.165, 1.54) is 69.2 Å². The molecule has 3 nitrogen and oxygen atoms in total. The summed E-state index contributed by atoms with van der Waals surface area (Å²) in [6, 6.07) is 0.552. The van der Waals surface area contributed by atoms with Crippen LogP contribution in [0.5, 0.6) is 0 Å². The summed E-state index contributed by atoms with van der Waals surface area (Å²) in [6.45, 7) is 3.55. The monoisotopic (exact) mass is 275 g/mol. The molecule has 1 N–H and O–H groups in total. The normalized spacial score (nSPS) is 30.2. The lowest BCUT2D eigenvalue weighted by Crippen LogP contribution is -2.31. The van der Waals surface area contributed by atoms with Gasteiger partial charge in [0, 0.05) is 24.3 Å². The Balaban J connectivity index is 1.52. The number of hydrogen-bond donors (Lipinski definition) is 1. The van der Waals surface area contributed by atoms with E-state index in [1.54, 1.807) is 0 Å². The van der Waals surface area contributed by atoms with E-state index in [-0.39, 0.29) is 0 Å². The molecule has 0 amide bonds. The summed E-state index contributed by atoms with van der Waals surface area (Å²) in [7, 11) is 2.08. The summed E-state index contributed by atoms with van der Waals surface area (Å²) in [5, 5.41) is 8.28. The zero-order chi connectivity index (χ0) is 13.9. The number of aryl methyl sites for hydroxylation is 1. The lowest BCUT2D eigenvalue weighted by molar-refractivity contribution is 0.253. The van der Waals surface area contributed by atoms with Gasteiger partial charge in [0.25, 0.3) is 0 Å². The highest BCUT2D eigenvalue weighted by Gasteiger charge is 2.25. The Bertz CT molecular complexity index is 429. The molecule has 112 valence electrons. The molecular weight excluding hydrogens is 246 g/mol. The summed E-state index contributed by atoms with van der Waals surface area (Å²) < 4.78 is 2.07. The molecular formula is C17H29N3. The molecule has 1 fully saturated rings. The van der Waals surface area contributed by atoms with E-state index >= 15 is 0 Å². The van der Waals surface area contributed by atoms with E-state index in [1.807, 2.05) is 0 Å². The summed E-state index contributed by atoms with van der Waals surface area (Å²) in [4.78, 5) is 0. The van der Waals surface area contributed by atoms with Crippen LogP contribution in [0.3, 0.4) is 0 Å². The molecule has 2 aliphatic carbocycles. The van der Waals surface area contributed by atoms with Crippen molar-refractivity contribution in [3.8, 4) is 0 Å². The van der Waals surface area contributed by atoms with Crippen LogP contribution in [0, 0.1) is 11.8 Å². The van der Waals surface area contributed by atoms with Crippen molar-refractivity contribution in [1.29, 1.82) is 0 Å². The fourth-order valence-corrected chi connectivity index (χ4v) is 4.07. The summed E-state index contributed by atoms with van der Waals surface area (Å²) in [6.07, 6.45) is 13.0. The van der Waals surface area contributed by atoms with Gasteiger partial charge in [0.1, 0.15) is 0 Å². The molecule has 3 heteroatoms. The summed E-state index contributed by atoms with van der Waals surface area (Å²) in [5.41, 5.74) is 2.91. The molecule has 3 rings (SSSR count). The van der Waals surface area contributed by atoms with Crippen LogP contribution in [0.2, 0.25) is 0 Å². The van der Waals surface area contributed by atoms with Crippen molar-refractivity contribution in [2.45, 2.75) is 64.3 Å². The molecule has 0 bridgehead atoms. The number of fused-ring (bicyclic) bond motifs is 1. The van der Waals surface area contributed by atoms with Crippen molar-refractivity contribution in [1.82, 2.24) is 15.1 Å². The second-order valence-corrected chi connectivity index (χ2v) is 6.82. The van der Waals surface area contributed by atoms with Crippen molar-refractivity contribution in [2.75, 3.05) is 6.54 Å². The second-order valence-electron chi connectivity index (χ2n) is 6.82. The maximum atomic E-state index is 4.44. The van der Waals surface area contributed by atoms with Gasteiger partial charge < -0.3 is 5.32 Å². The smallest absolute Gasteiger partial charge is 0.0540 e. The Hall–Kier alpha value is -0.830. The predicted octanol–water partition coefficient (Wildman–Crippen LogP) is 3.60. The quantitative estimate of drug-likeness (QED) is 0.910. The van der Waals surface area contributed by atoms with E-state index in [9.17, 15) is 0 Å². The van der Waals surface area contributed by atoms with Crippen LogP contribution in [-0.2, 0) is 13.5 Å². The van der Waals surface area contributed by atoms with Crippen LogP contribution < -0.4 is 5.32 Å². The Morgan fingerprint density at radius 3 is 2.70 bits per heavy atom. The van der Waals surface area contributed by atoms with Crippen LogP contribution in [0.4, 0.5) is 0 Å². The van der Waals surface area contributed by atoms with Gasteiger partial charge in [-0.15, -0.1) is 0 Å². The van der Waals surface area contributed by atoms with E-state index in [4.69, 9.17) is 0 Å². The highest BCUT2D eigenvalue weighted by Crippen LogP contribution is 2.32. The minimum atomic E-state index is 0.552. The molecule has 0 aromatic carbocycles. The highest BCUT2D eigenvalue weighted by molar-refractivity contribution is 5.24. The minimum absolute atomic E-state index is 0.552. The molecule has 1 aromatic rings. The van der Waals surface area contributed by atoms with Gasteiger partial charge >= 0.3 is 0 Å². The van der Waals surface area contributed by atoms with Crippen LogP contribution in [0.25, 0.3) is 0 Å². The van der Waals surface area contributed by atoms with E-state index < -0.39 is 0 Å². The Labute approximate surface area is 123 Å². The van der Waals surface area contributed by atoms with Gasteiger partial charge in [0.2, 0.25) is 0 Å². The molecule has 20 heavy (non-hydrogen) atoms. The van der Waals surface area contributed by atoms with Gasteiger partial charge in [-0.25, -0.2) is 0 Å². The number of hydrogen-bond acceptors (Lipinski definition) is 2. The van der Waals surface area contributed by atoms with Crippen molar-refractivity contribution >= 4 is 0 Å². The van der Waals surface area contributed by atoms with E-state index in [0.29, 0.717) is 6.04 Å². The first-order valence-corrected chi connectivity index (χ1v) is 8.52. The first kappa shape index (κ1) is 14.1. The van der Waals surface area contributed by atoms with Crippen LogP contribution >= 0.6 is 0 Å². The Morgan fingerprint density at radius 1 is 1.20 bits per heavy atom. The van der Waals surface area contributed by atoms with Gasteiger partial charge in [0.15, 0.2) is 0 Å². The second kappa shape index (κ2) is 6.30. The largest absolute Gasteiger partial charge is 0.310 e. The molecule has 1 unspecified atom stereocenters. The minimum Gasteiger partial charge on any atom is -0.310 e. The molecule has 0 spiro atoms. The standard InChI is InChI=1S/C17H29N3/c1-3-13-7-9-14(10-8-13)11-18-16-5-4-6-17-15(16)12-19-20(17)2/h12-14,16,18H,3-11H2,1-2H3. The third kappa shape index (κ3) is 2.93. The fraction of sp³-hybridized carbons (Fsp3) is 0.824. The number of nitrogens with zero attached hydrogens (tertiary/aromatic N) is 2. The molecule has 0 aliphatic heterocycles. The zero-order valence-electron chi connectivity index (χ0n) is 13.1. The topological polar surface area (TPSA) is 29.9 Å². The van der Waals surface area contributed by atoms with Crippen molar-refractivity contribution in [3.63, 3.8) is 0 Å². The molecule has 0 saturated heterocycles. The molecule has 1 aromatic heterocycles. The molecule has 2 aliphatic rings. The van der Waals surface area contributed by atoms with Crippen LogP contribution in [0.1, 0.15) is 69.2 Å². The van der Waals surface area contributed by atoms with Crippen molar-refractivity contribution in [3.05, 3.63) is 17.5 Å². The Kier molecular flexibility index (Phi) is 4.45. The van der Waals surface area contributed by atoms with Gasteiger partial charge in [-0.2, -0.15) is 5.10 Å². The number of rotatable bonds is 4. The average Bonchev–Trinajstić information content (AvgIpc) is 2.88. The van der Waals surface area contributed by atoms with Gasteiger partial charge in [-0.3, -0.25) is 4.68 Å². The third-order valence-corrected chi connectivity index (χ3v) is 5.57. The molecule has 1 atom stereocenters. The lowest BCUT2D eigenvalue weighted by Gasteiger charge is -2.30. The molecule has 1 heterocycles. The van der Waals surface area contributed by atoms with E-state index in [0.717, 1.165) is 11.8 Å². The summed E-state index contributed by atoms with van der Waals surface area (Å²) in [5.74, 6) is 1.91. The number of aromatic nitrogens is 2. The fourth-order valence-electron chi connectivity index (χ4n) is 4.07. The molecule has 1 saturated carbocycles. The summed E-state index contributed by atoms with van der Waals surface area (Å²) >= 11 is 0. The van der Waals surface area contributed by atoms with Crippen molar-refractivity contribution in [2.24, 2.45) is 18.9 Å². The SMILES string of the molecule is CCC1CCC(CNC2CCCc3c2cnn3C)CC1. The van der Waals surface area contributed by atoms with Crippen LogP contribution in [-0.4, -0.2) is 16.3 Å². The van der Waals surface area contributed by atoms with Gasteiger partial charge in [-0.1, -0.05) is 26.2 Å². The molecule has 0 radical (unpaired) electrons. The lowest BCUT2D eigenvalue weighted by atomic mass is 9.80. The van der Waals surface area contributed by atoms with Crippen molar-refractivity contribution < 1.29 is 0 Å². The number of nitrogens with one attached hydrogen (secondary N) is 1. The highest BCUT2D eigenvalue weighted by atomic mass is 15.3. The maximum Gasteiger partial charge on any atom is 0.0540 e. The van der Waals surface area contributed by atoms with E-state index in [2.05, 4.69) is 35.3 Å². The van der Waals surface area contributed by atoms with Gasteiger partial charge in [-0.05, 0) is 50.5 Å².